The van der Waals surface area contributed by atoms with E-state index in [0.717, 1.165) is 30.8 Å². The van der Waals surface area contributed by atoms with Crippen molar-refractivity contribution in [2.45, 2.75) is 39.2 Å². The zero-order chi connectivity index (χ0) is 12.7. The van der Waals surface area contributed by atoms with Crippen LogP contribution in [-0.4, -0.2) is 18.7 Å². The second kappa shape index (κ2) is 6.50. The Kier molecular flexibility index (Phi) is 5.29. The van der Waals surface area contributed by atoms with Crippen LogP contribution in [-0.2, 0) is 0 Å². The molecular formula is C14H24N2O. The van der Waals surface area contributed by atoms with E-state index in [1.165, 1.54) is 0 Å². The molecule has 3 nitrogen and oxygen atoms in total. The lowest BCUT2D eigenvalue weighted by molar-refractivity contribution is 0.340. The van der Waals surface area contributed by atoms with Crippen LogP contribution >= 0.6 is 0 Å². The minimum Gasteiger partial charge on any atom is -0.494 e. The zero-order valence-corrected chi connectivity index (χ0v) is 11.1. The molecule has 0 spiro atoms. The number of nitrogens with one attached hydrogen (secondary N) is 1. The maximum atomic E-state index is 5.92. The lowest BCUT2D eigenvalue weighted by Crippen LogP contribution is -2.32. The number of rotatable bonds is 7. The molecule has 17 heavy (non-hydrogen) atoms. The van der Waals surface area contributed by atoms with E-state index in [2.05, 4.69) is 19.2 Å². The number of nitrogens with two attached hydrogens (primary N) is 1. The maximum Gasteiger partial charge on any atom is 0.119 e. The van der Waals surface area contributed by atoms with Crippen molar-refractivity contribution in [2.24, 2.45) is 5.73 Å². The SMILES string of the molecule is CCOc1ccc(NCCCC(C)(C)N)cc1. The van der Waals surface area contributed by atoms with E-state index in [0.29, 0.717) is 6.61 Å². The summed E-state index contributed by atoms with van der Waals surface area (Å²) in [6.07, 6.45) is 2.10. The summed E-state index contributed by atoms with van der Waals surface area (Å²) in [5, 5.41) is 3.38. The molecule has 0 unspecified atom stereocenters. The van der Waals surface area contributed by atoms with Crippen LogP contribution in [0.1, 0.15) is 33.6 Å². The van der Waals surface area contributed by atoms with Crippen LogP contribution < -0.4 is 15.8 Å². The Bertz CT molecular complexity index is 314. The normalized spacial score (nSPS) is 11.3. The van der Waals surface area contributed by atoms with Gasteiger partial charge in [-0.1, -0.05) is 0 Å². The number of hydrogen-bond acceptors (Lipinski definition) is 3. The molecule has 0 amide bonds. The first-order valence-electron chi connectivity index (χ1n) is 6.27. The summed E-state index contributed by atoms with van der Waals surface area (Å²) in [6.45, 7) is 7.77. The molecule has 1 aromatic carbocycles. The minimum absolute atomic E-state index is 0.0689. The quantitative estimate of drug-likeness (QED) is 0.715. The summed E-state index contributed by atoms with van der Waals surface area (Å²) in [4.78, 5) is 0. The highest BCUT2D eigenvalue weighted by Crippen LogP contribution is 2.16. The third-order valence-corrected chi connectivity index (χ3v) is 2.49. The third-order valence-electron chi connectivity index (χ3n) is 2.49. The van der Waals surface area contributed by atoms with E-state index in [9.17, 15) is 0 Å². The predicted octanol–water partition coefficient (Wildman–Crippen LogP) is 3.01. The van der Waals surface area contributed by atoms with Crippen molar-refractivity contribution >= 4 is 5.69 Å². The van der Waals surface area contributed by atoms with Crippen LogP contribution in [0.4, 0.5) is 5.69 Å². The largest absolute Gasteiger partial charge is 0.494 e. The van der Waals surface area contributed by atoms with Crippen molar-refractivity contribution in [3.63, 3.8) is 0 Å². The smallest absolute Gasteiger partial charge is 0.119 e. The molecule has 0 aliphatic heterocycles. The van der Waals surface area contributed by atoms with E-state index in [4.69, 9.17) is 10.5 Å². The molecule has 3 N–H and O–H groups in total. The van der Waals surface area contributed by atoms with E-state index in [1.807, 2.05) is 31.2 Å². The second-order valence-corrected chi connectivity index (χ2v) is 4.98. The van der Waals surface area contributed by atoms with Crippen molar-refractivity contribution < 1.29 is 4.74 Å². The fourth-order valence-electron chi connectivity index (χ4n) is 1.61. The lowest BCUT2D eigenvalue weighted by atomic mass is 10.0. The van der Waals surface area contributed by atoms with Crippen molar-refractivity contribution in [2.75, 3.05) is 18.5 Å². The molecule has 0 bridgehead atoms. The molecule has 1 aromatic rings. The van der Waals surface area contributed by atoms with Gasteiger partial charge in [-0.05, 0) is 57.9 Å². The van der Waals surface area contributed by atoms with Gasteiger partial charge in [0, 0.05) is 17.8 Å². The lowest BCUT2D eigenvalue weighted by Gasteiger charge is -2.18. The molecule has 0 aromatic heterocycles. The summed E-state index contributed by atoms with van der Waals surface area (Å²) >= 11 is 0. The average molecular weight is 236 g/mol. The van der Waals surface area contributed by atoms with Gasteiger partial charge in [0.25, 0.3) is 0 Å². The summed E-state index contributed by atoms with van der Waals surface area (Å²) in [5.74, 6) is 0.918. The van der Waals surface area contributed by atoms with Crippen LogP contribution in [0.3, 0.4) is 0 Å². The Balaban J connectivity index is 2.27. The van der Waals surface area contributed by atoms with Crippen LogP contribution in [0.15, 0.2) is 24.3 Å². The summed E-state index contributed by atoms with van der Waals surface area (Å²) in [6, 6.07) is 8.05. The fourth-order valence-corrected chi connectivity index (χ4v) is 1.61. The highest BCUT2D eigenvalue weighted by Gasteiger charge is 2.08. The Morgan fingerprint density at radius 1 is 1.24 bits per heavy atom. The van der Waals surface area contributed by atoms with Crippen molar-refractivity contribution in [1.82, 2.24) is 0 Å². The van der Waals surface area contributed by atoms with Gasteiger partial charge < -0.3 is 15.8 Å². The van der Waals surface area contributed by atoms with E-state index < -0.39 is 0 Å². The molecule has 96 valence electrons. The molecule has 0 aliphatic rings. The molecule has 0 saturated heterocycles. The van der Waals surface area contributed by atoms with Crippen molar-refractivity contribution in [1.29, 1.82) is 0 Å². The van der Waals surface area contributed by atoms with Gasteiger partial charge in [-0.2, -0.15) is 0 Å². The second-order valence-electron chi connectivity index (χ2n) is 4.98. The average Bonchev–Trinajstić information content (AvgIpc) is 2.26. The summed E-state index contributed by atoms with van der Waals surface area (Å²) < 4.78 is 5.39. The predicted molar refractivity (Wildman–Crippen MR) is 73.6 cm³/mol. The van der Waals surface area contributed by atoms with E-state index in [-0.39, 0.29) is 5.54 Å². The van der Waals surface area contributed by atoms with Crippen molar-refractivity contribution in [3.05, 3.63) is 24.3 Å². The molecule has 0 radical (unpaired) electrons. The molecular weight excluding hydrogens is 212 g/mol. The minimum atomic E-state index is -0.0689. The number of ether oxygens (including phenoxy) is 1. The summed E-state index contributed by atoms with van der Waals surface area (Å²) in [5.41, 5.74) is 6.98. The molecule has 0 atom stereocenters. The van der Waals surface area contributed by atoms with Gasteiger partial charge in [0.15, 0.2) is 0 Å². The number of benzene rings is 1. The molecule has 0 fully saturated rings. The Hall–Kier alpha value is -1.22. The molecule has 0 heterocycles. The van der Waals surface area contributed by atoms with Crippen LogP contribution in [0.25, 0.3) is 0 Å². The van der Waals surface area contributed by atoms with E-state index in [1.54, 1.807) is 0 Å². The van der Waals surface area contributed by atoms with Crippen molar-refractivity contribution in [3.8, 4) is 5.75 Å². The zero-order valence-electron chi connectivity index (χ0n) is 11.1. The summed E-state index contributed by atoms with van der Waals surface area (Å²) in [7, 11) is 0. The number of hydrogen-bond donors (Lipinski definition) is 2. The number of anilines is 1. The van der Waals surface area contributed by atoms with Gasteiger partial charge in [0.05, 0.1) is 6.61 Å². The Morgan fingerprint density at radius 2 is 1.88 bits per heavy atom. The highest BCUT2D eigenvalue weighted by atomic mass is 16.5. The van der Waals surface area contributed by atoms with Gasteiger partial charge in [-0.25, -0.2) is 0 Å². The Morgan fingerprint density at radius 3 is 2.41 bits per heavy atom. The van der Waals surface area contributed by atoms with Gasteiger partial charge in [-0.3, -0.25) is 0 Å². The highest BCUT2D eigenvalue weighted by molar-refractivity contribution is 5.46. The Labute approximate surface area is 104 Å². The van der Waals surface area contributed by atoms with Crippen LogP contribution in [0, 0.1) is 0 Å². The topological polar surface area (TPSA) is 47.3 Å². The van der Waals surface area contributed by atoms with Gasteiger partial charge in [0.1, 0.15) is 5.75 Å². The monoisotopic (exact) mass is 236 g/mol. The van der Waals surface area contributed by atoms with Gasteiger partial charge >= 0.3 is 0 Å². The fraction of sp³-hybridized carbons (Fsp3) is 0.571. The van der Waals surface area contributed by atoms with Crippen LogP contribution in [0.2, 0.25) is 0 Å². The van der Waals surface area contributed by atoms with Gasteiger partial charge in [0.2, 0.25) is 0 Å². The first kappa shape index (κ1) is 13.8. The molecule has 1 rings (SSSR count). The molecule has 0 saturated carbocycles. The molecule has 3 heteroatoms. The van der Waals surface area contributed by atoms with Gasteiger partial charge in [-0.15, -0.1) is 0 Å². The molecule has 0 aliphatic carbocycles. The standard InChI is InChI=1S/C14H24N2O/c1-4-17-13-8-6-12(7-9-13)16-11-5-10-14(2,3)15/h6-9,16H,4-5,10-11,15H2,1-3H3. The third kappa shape index (κ3) is 6.17. The maximum absolute atomic E-state index is 5.92. The first-order chi connectivity index (χ1) is 8.01. The first-order valence-corrected chi connectivity index (χ1v) is 6.27. The van der Waals surface area contributed by atoms with E-state index >= 15 is 0 Å². The van der Waals surface area contributed by atoms with Crippen LogP contribution in [0.5, 0.6) is 5.75 Å².